The van der Waals surface area contributed by atoms with Gasteiger partial charge in [0, 0.05) is 0 Å². The van der Waals surface area contributed by atoms with Crippen LogP contribution in [0.1, 0.15) is 5.56 Å². The van der Waals surface area contributed by atoms with Crippen molar-refractivity contribution in [3.8, 4) is 0 Å². The summed E-state index contributed by atoms with van der Waals surface area (Å²) in [7, 11) is 0. The van der Waals surface area contributed by atoms with Crippen LogP contribution in [0.5, 0.6) is 0 Å². The van der Waals surface area contributed by atoms with Gasteiger partial charge in [-0.25, -0.2) is 0 Å². The van der Waals surface area contributed by atoms with Crippen molar-refractivity contribution in [3.63, 3.8) is 0 Å². The van der Waals surface area contributed by atoms with Crippen LogP contribution in [0.15, 0.2) is 49.3 Å². The van der Waals surface area contributed by atoms with E-state index in [1.54, 1.807) is 12.4 Å². The number of hydrogen-bond acceptors (Lipinski definition) is 2. The highest BCUT2D eigenvalue weighted by molar-refractivity contribution is 5.45. The molecule has 2 rings (SSSR count). The summed E-state index contributed by atoms with van der Waals surface area (Å²) in [6.07, 6.45) is 5.00. The van der Waals surface area contributed by atoms with Crippen molar-refractivity contribution in [1.82, 2.24) is 15.4 Å². The van der Waals surface area contributed by atoms with Gasteiger partial charge in [-0.3, -0.25) is 0 Å². The summed E-state index contributed by atoms with van der Waals surface area (Å²) in [5.74, 6) is 0. The van der Waals surface area contributed by atoms with Crippen LogP contribution >= 0.6 is 0 Å². The smallest absolute Gasteiger partial charge is 0.0690 e. The van der Waals surface area contributed by atoms with E-state index < -0.39 is 0 Å². The molecule has 0 aliphatic heterocycles. The third kappa shape index (κ3) is 3.86. The van der Waals surface area contributed by atoms with Crippen LogP contribution in [-0.2, 0) is 0 Å². The molecule has 0 amide bonds. The Bertz CT molecular complexity index is 296. The molecule has 1 heterocycles. The second-order valence-electron chi connectivity index (χ2n) is 2.27. The third-order valence-electron chi connectivity index (χ3n) is 1.37. The van der Waals surface area contributed by atoms with Crippen LogP contribution in [0.3, 0.4) is 0 Å². The Kier molecular flexibility index (Phi) is 4.04. The first kappa shape index (κ1) is 9.19. The standard InChI is InChI=1S/C8H8.C2H3N3/c1-2-8-6-4-3-5-7-8;1-2-4-5-3-1/h2-7H,1H2;1-2H,(H,3,4,5). The van der Waals surface area contributed by atoms with E-state index in [9.17, 15) is 0 Å². The van der Waals surface area contributed by atoms with Gasteiger partial charge >= 0.3 is 0 Å². The number of benzene rings is 1. The maximum Gasteiger partial charge on any atom is 0.0690 e. The zero-order valence-corrected chi connectivity index (χ0v) is 7.22. The Hall–Kier alpha value is -1.90. The maximum absolute atomic E-state index is 3.63. The molecule has 0 saturated carbocycles. The third-order valence-corrected chi connectivity index (χ3v) is 1.37. The summed E-state index contributed by atoms with van der Waals surface area (Å²) < 4.78 is 0. The summed E-state index contributed by atoms with van der Waals surface area (Å²) in [6, 6.07) is 10.0. The van der Waals surface area contributed by atoms with Crippen LogP contribution in [0.4, 0.5) is 0 Å². The summed E-state index contributed by atoms with van der Waals surface area (Å²) in [5.41, 5.74) is 1.17. The van der Waals surface area contributed by atoms with Gasteiger partial charge in [-0.1, -0.05) is 43.0 Å². The summed E-state index contributed by atoms with van der Waals surface area (Å²) >= 11 is 0. The SMILES string of the molecule is C=Cc1ccccc1.c1cn[nH]n1. The van der Waals surface area contributed by atoms with E-state index >= 15 is 0 Å². The Morgan fingerprint density at radius 1 is 1.08 bits per heavy atom. The molecule has 66 valence electrons. The molecular weight excluding hydrogens is 162 g/mol. The van der Waals surface area contributed by atoms with Gasteiger partial charge in [0.15, 0.2) is 0 Å². The molecule has 0 aliphatic rings. The zero-order chi connectivity index (χ0) is 9.36. The largest absolute Gasteiger partial charge is 0.198 e. The Morgan fingerprint density at radius 2 is 1.69 bits per heavy atom. The topological polar surface area (TPSA) is 41.6 Å². The predicted octanol–water partition coefficient (Wildman–Crippen LogP) is 2.13. The molecule has 1 N–H and O–H groups in total. The fraction of sp³-hybridized carbons (Fsp3) is 0. The second-order valence-corrected chi connectivity index (χ2v) is 2.27. The van der Waals surface area contributed by atoms with Gasteiger partial charge in [0.2, 0.25) is 0 Å². The van der Waals surface area contributed by atoms with Crippen molar-refractivity contribution in [2.45, 2.75) is 0 Å². The lowest BCUT2D eigenvalue weighted by Crippen LogP contribution is -1.63. The number of aromatic nitrogens is 3. The van der Waals surface area contributed by atoms with Gasteiger partial charge < -0.3 is 0 Å². The number of rotatable bonds is 1. The molecule has 2 aromatic rings. The van der Waals surface area contributed by atoms with E-state index in [0.717, 1.165) is 0 Å². The first-order valence-electron chi connectivity index (χ1n) is 3.90. The average Bonchev–Trinajstić information content (AvgIpc) is 2.77. The van der Waals surface area contributed by atoms with E-state index in [1.165, 1.54) is 5.56 Å². The van der Waals surface area contributed by atoms with E-state index in [4.69, 9.17) is 0 Å². The van der Waals surface area contributed by atoms with Gasteiger partial charge in [0.05, 0.1) is 12.4 Å². The lowest BCUT2D eigenvalue weighted by Gasteiger charge is -1.85. The predicted molar refractivity (Wildman–Crippen MR) is 52.9 cm³/mol. The molecule has 0 radical (unpaired) electrons. The highest BCUT2D eigenvalue weighted by Gasteiger charge is 1.75. The first-order chi connectivity index (χ1) is 6.43. The Balaban J connectivity index is 0.000000145. The molecule has 0 atom stereocenters. The van der Waals surface area contributed by atoms with Crippen molar-refractivity contribution < 1.29 is 0 Å². The molecule has 0 saturated heterocycles. The van der Waals surface area contributed by atoms with Gasteiger partial charge in [-0.15, -0.1) is 0 Å². The van der Waals surface area contributed by atoms with Crippen LogP contribution in [-0.4, -0.2) is 15.4 Å². The lowest BCUT2D eigenvalue weighted by atomic mass is 10.2. The van der Waals surface area contributed by atoms with Crippen molar-refractivity contribution in [1.29, 1.82) is 0 Å². The quantitative estimate of drug-likeness (QED) is 0.717. The molecule has 1 aromatic carbocycles. The highest BCUT2D eigenvalue weighted by Crippen LogP contribution is 1.97. The second kappa shape index (κ2) is 5.71. The number of H-pyrrole nitrogens is 1. The van der Waals surface area contributed by atoms with E-state index in [-0.39, 0.29) is 0 Å². The van der Waals surface area contributed by atoms with E-state index in [0.29, 0.717) is 0 Å². The van der Waals surface area contributed by atoms with E-state index in [2.05, 4.69) is 22.0 Å². The van der Waals surface area contributed by atoms with Crippen LogP contribution in [0.2, 0.25) is 0 Å². The normalized spacial score (nSPS) is 8.31. The van der Waals surface area contributed by atoms with Crippen molar-refractivity contribution >= 4 is 6.08 Å². The molecular formula is C10H11N3. The Morgan fingerprint density at radius 3 is 2.00 bits per heavy atom. The number of hydrogen-bond donors (Lipinski definition) is 1. The van der Waals surface area contributed by atoms with Crippen LogP contribution in [0.25, 0.3) is 6.08 Å². The molecule has 3 nitrogen and oxygen atoms in total. The fourth-order valence-corrected chi connectivity index (χ4v) is 0.756. The number of nitrogens with zero attached hydrogens (tertiary/aromatic N) is 2. The zero-order valence-electron chi connectivity index (χ0n) is 7.22. The molecule has 1 aromatic heterocycles. The highest BCUT2D eigenvalue weighted by atomic mass is 15.3. The van der Waals surface area contributed by atoms with Gasteiger partial charge in [0.25, 0.3) is 0 Å². The van der Waals surface area contributed by atoms with Crippen molar-refractivity contribution in [3.05, 3.63) is 54.9 Å². The fourth-order valence-electron chi connectivity index (χ4n) is 0.756. The molecule has 0 aliphatic carbocycles. The molecule has 0 fully saturated rings. The van der Waals surface area contributed by atoms with Crippen molar-refractivity contribution in [2.75, 3.05) is 0 Å². The first-order valence-corrected chi connectivity index (χ1v) is 3.90. The molecule has 0 spiro atoms. The maximum atomic E-state index is 3.63. The van der Waals surface area contributed by atoms with Crippen LogP contribution < -0.4 is 0 Å². The van der Waals surface area contributed by atoms with Gasteiger partial charge in [0.1, 0.15) is 0 Å². The lowest BCUT2D eigenvalue weighted by molar-refractivity contribution is 0.940. The molecule has 3 heteroatoms. The summed E-state index contributed by atoms with van der Waals surface area (Å²) in [6.45, 7) is 3.63. The minimum absolute atomic E-state index is 1.17. The minimum atomic E-state index is 1.17. The molecule has 0 unspecified atom stereocenters. The van der Waals surface area contributed by atoms with Crippen molar-refractivity contribution in [2.24, 2.45) is 0 Å². The summed E-state index contributed by atoms with van der Waals surface area (Å²) in [4.78, 5) is 0. The average molecular weight is 173 g/mol. The van der Waals surface area contributed by atoms with Gasteiger partial charge in [-0.05, 0) is 5.56 Å². The summed E-state index contributed by atoms with van der Waals surface area (Å²) in [5, 5.41) is 9.33. The Labute approximate surface area is 77.1 Å². The monoisotopic (exact) mass is 173 g/mol. The molecule has 0 bridgehead atoms. The molecule has 13 heavy (non-hydrogen) atoms. The minimum Gasteiger partial charge on any atom is -0.198 e. The number of aromatic amines is 1. The van der Waals surface area contributed by atoms with Crippen LogP contribution in [0, 0.1) is 0 Å². The van der Waals surface area contributed by atoms with E-state index in [1.807, 2.05) is 36.4 Å². The van der Waals surface area contributed by atoms with Gasteiger partial charge in [-0.2, -0.15) is 15.4 Å². The number of nitrogens with one attached hydrogen (secondary N) is 1.